The molecule has 12 heteroatoms. The van der Waals surface area contributed by atoms with Crippen molar-refractivity contribution < 1.29 is 31.1 Å². The average Bonchev–Trinajstić information content (AvgIpc) is 3.48. The number of halogens is 6. The fourth-order valence-corrected chi connectivity index (χ4v) is 5.71. The normalized spacial score (nSPS) is 15.8. The Balaban J connectivity index is 1.47. The number of anilines is 2. The van der Waals surface area contributed by atoms with Gasteiger partial charge in [0.1, 0.15) is 5.75 Å². The number of methoxy groups -OCH3 is 1. The summed E-state index contributed by atoms with van der Waals surface area (Å²) in [6, 6.07) is 7.23. The molecule has 38 heavy (non-hydrogen) atoms. The summed E-state index contributed by atoms with van der Waals surface area (Å²) in [5.41, 5.74) is 0.137. The Labute approximate surface area is 218 Å². The smallest absolute Gasteiger partial charge is 0.416 e. The number of hydrogen-bond donors (Lipinski definition) is 1. The van der Waals surface area contributed by atoms with Crippen LogP contribution < -0.4 is 10.1 Å². The Bertz CT molecular complexity index is 1440. The van der Waals surface area contributed by atoms with Gasteiger partial charge in [-0.15, -0.1) is 11.3 Å². The van der Waals surface area contributed by atoms with E-state index in [1.165, 1.54) is 11.3 Å². The largest absolute Gasteiger partial charge is 0.494 e. The van der Waals surface area contributed by atoms with Crippen LogP contribution in [0.15, 0.2) is 48.9 Å². The van der Waals surface area contributed by atoms with Crippen molar-refractivity contribution in [3.8, 4) is 11.4 Å². The Kier molecular flexibility index (Phi) is 6.62. The van der Waals surface area contributed by atoms with E-state index < -0.39 is 29.4 Å². The third-order valence-corrected chi connectivity index (χ3v) is 7.43. The number of hydrogen-bond acceptors (Lipinski definition) is 5. The highest BCUT2D eigenvalue weighted by molar-refractivity contribution is 7.15. The summed E-state index contributed by atoms with van der Waals surface area (Å²) in [6.45, 7) is 1.87. The van der Waals surface area contributed by atoms with Gasteiger partial charge in [0.2, 0.25) is 0 Å². The summed E-state index contributed by atoms with van der Waals surface area (Å²) in [6.07, 6.45) is -4.58. The summed E-state index contributed by atoms with van der Waals surface area (Å²) in [4.78, 5) is 9.68. The molecule has 5 nitrogen and oxygen atoms in total. The second kappa shape index (κ2) is 9.64. The van der Waals surface area contributed by atoms with Crippen molar-refractivity contribution in [2.45, 2.75) is 44.5 Å². The summed E-state index contributed by atoms with van der Waals surface area (Å²) in [7, 11) is 1.55. The van der Waals surface area contributed by atoms with Crippen molar-refractivity contribution in [2.24, 2.45) is 0 Å². The van der Waals surface area contributed by atoms with Gasteiger partial charge in [-0.25, -0.2) is 9.97 Å². The molecule has 1 unspecified atom stereocenters. The van der Waals surface area contributed by atoms with Gasteiger partial charge in [0.25, 0.3) is 0 Å². The molecule has 1 atom stereocenters. The van der Waals surface area contributed by atoms with E-state index in [4.69, 9.17) is 4.74 Å². The van der Waals surface area contributed by atoms with Crippen molar-refractivity contribution in [3.63, 3.8) is 0 Å². The minimum Gasteiger partial charge on any atom is -0.494 e. The summed E-state index contributed by atoms with van der Waals surface area (Å²) in [5.74, 6) is -0.0921. The first-order chi connectivity index (χ1) is 17.9. The first kappa shape index (κ1) is 26.1. The second-order valence-electron chi connectivity index (χ2n) is 9.05. The van der Waals surface area contributed by atoms with Gasteiger partial charge in [0.15, 0.2) is 5.13 Å². The Morgan fingerprint density at radius 3 is 2.34 bits per heavy atom. The van der Waals surface area contributed by atoms with Gasteiger partial charge >= 0.3 is 12.4 Å². The molecule has 1 aliphatic carbocycles. The van der Waals surface area contributed by atoms with Gasteiger partial charge in [0, 0.05) is 28.7 Å². The standard InChI is InChI=1S/C26H22F6N4OS/c1-14-12-36(13-33-14)20-7-6-18(11-21(20)37-2)34-24-35-23-19(4-3-5-22(23)38-24)15-8-16(25(27,28)29)10-17(9-15)26(30,31)32/h6-13,19H,3-5H2,1-2H3,(H,34,35). The number of fused-ring (bicyclic) bond motifs is 1. The lowest BCUT2D eigenvalue weighted by atomic mass is 9.84. The molecular formula is C26H22F6N4OS. The lowest BCUT2D eigenvalue weighted by molar-refractivity contribution is -0.143. The molecule has 2 aromatic carbocycles. The lowest BCUT2D eigenvalue weighted by Gasteiger charge is -2.23. The first-order valence-corrected chi connectivity index (χ1v) is 12.5. The number of aromatic nitrogens is 3. The molecule has 0 bridgehead atoms. The van der Waals surface area contributed by atoms with Gasteiger partial charge < -0.3 is 14.6 Å². The Hall–Kier alpha value is -3.54. The fraction of sp³-hybridized carbons (Fsp3) is 0.308. The molecule has 5 rings (SSSR count). The number of alkyl halides is 6. The number of imidazole rings is 1. The van der Waals surface area contributed by atoms with Crippen LogP contribution in [-0.2, 0) is 18.8 Å². The van der Waals surface area contributed by atoms with E-state index in [-0.39, 0.29) is 11.6 Å². The SMILES string of the molecule is COc1cc(Nc2nc3c(s2)CCCC3c2cc(C(F)(F)F)cc(C(F)(F)F)c2)ccc1-n1cnc(C)c1. The number of thiazole rings is 1. The van der Waals surface area contributed by atoms with Crippen molar-refractivity contribution in [3.05, 3.63) is 81.9 Å². The van der Waals surface area contributed by atoms with Gasteiger partial charge in [-0.05, 0) is 62.1 Å². The number of aryl methyl sites for hydroxylation is 2. The quantitative estimate of drug-likeness (QED) is 0.256. The van der Waals surface area contributed by atoms with E-state index in [9.17, 15) is 26.3 Å². The molecular weight excluding hydrogens is 530 g/mol. The zero-order valence-corrected chi connectivity index (χ0v) is 21.1. The van der Waals surface area contributed by atoms with E-state index in [0.29, 0.717) is 41.5 Å². The van der Waals surface area contributed by atoms with E-state index in [1.54, 1.807) is 19.5 Å². The number of rotatable bonds is 5. The van der Waals surface area contributed by atoms with E-state index in [2.05, 4.69) is 15.3 Å². The predicted octanol–water partition coefficient (Wildman–Crippen LogP) is 7.90. The molecule has 4 aromatic rings. The molecule has 0 saturated carbocycles. The summed E-state index contributed by atoms with van der Waals surface area (Å²) in [5, 5.41) is 3.70. The second-order valence-corrected chi connectivity index (χ2v) is 10.1. The van der Waals surface area contributed by atoms with Crippen LogP contribution in [-0.4, -0.2) is 21.6 Å². The molecule has 0 amide bonds. The van der Waals surface area contributed by atoms with Crippen LogP contribution in [0.25, 0.3) is 5.69 Å². The highest BCUT2D eigenvalue weighted by atomic mass is 32.1. The molecule has 200 valence electrons. The van der Waals surface area contributed by atoms with Crippen molar-refractivity contribution in [1.82, 2.24) is 14.5 Å². The molecule has 2 heterocycles. The molecule has 0 spiro atoms. The third kappa shape index (κ3) is 5.22. The zero-order valence-electron chi connectivity index (χ0n) is 20.2. The highest BCUT2D eigenvalue weighted by Gasteiger charge is 2.38. The monoisotopic (exact) mass is 552 g/mol. The van der Waals surface area contributed by atoms with Crippen molar-refractivity contribution in [1.29, 1.82) is 0 Å². The number of benzene rings is 2. The maximum Gasteiger partial charge on any atom is 0.416 e. The van der Waals surface area contributed by atoms with Gasteiger partial charge in [-0.1, -0.05) is 0 Å². The van der Waals surface area contributed by atoms with E-state index >= 15 is 0 Å². The zero-order chi connectivity index (χ0) is 27.2. The predicted molar refractivity (Wildman–Crippen MR) is 131 cm³/mol. The van der Waals surface area contributed by atoms with Crippen LogP contribution in [0.4, 0.5) is 37.2 Å². The number of nitrogens with zero attached hydrogens (tertiary/aromatic N) is 3. The molecule has 0 radical (unpaired) electrons. The Morgan fingerprint density at radius 1 is 1.03 bits per heavy atom. The third-order valence-electron chi connectivity index (χ3n) is 6.39. The topological polar surface area (TPSA) is 52.0 Å². The summed E-state index contributed by atoms with van der Waals surface area (Å²) < 4.78 is 88.0. The van der Waals surface area contributed by atoms with Gasteiger partial charge in [-0.2, -0.15) is 26.3 Å². The van der Waals surface area contributed by atoms with Crippen molar-refractivity contribution in [2.75, 3.05) is 12.4 Å². The number of ether oxygens (including phenoxy) is 1. The van der Waals surface area contributed by atoms with Crippen LogP contribution in [0.2, 0.25) is 0 Å². The summed E-state index contributed by atoms with van der Waals surface area (Å²) >= 11 is 1.34. The molecule has 2 aromatic heterocycles. The first-order valence-electron chi connectivity index (χ1n) is 11.7. The maximum absolute atomic E-state index is 13.4. The Morgan fingerprint density at radius 2 is 1.74 bits per heavy atom. The van der Waals surface area contributed by atoms with E-state index in [0.717, 1.165) is 28.4 Å². The molecule has 0 aliphatic heterocycles. The minimum atomic E-state index is -4.90. The average molecular weight is 553 g/mol. The van der Waals surface area contributed by atoms with Crippen LogP contribution in [0.1, 0.15) is 51.7 Å². The minimum absolute atomic E-state index is 0.0356. The van der Waals surface area contributed by atoms with Crippen LogP contribution in [0.3, 0.4) is 0 Å². The van der Waals surface area contributed by atoms with Gasteiger partial charge in [0.05, 0.1) is 41.6 Å². The molecule has 0 fully saturated rings. The molecule has 1 aliphatic rings. The van der Waals surface area contributed by atoms with Crippen LogP contribution >= 0.6 is 11.3 Å². The maximum atomic E-state index is 13.4. The van der Waals surface area contributed by atoms with Crippen LogP contribution in [0, 0.1) is 6.92 Å². The molecule has 0 saturated heterocycles. The van der Waals surface area contributed by atoms with Gasteiger partial charge in [-0.3, -0.25) is 0 Å². The highest BCUT2D eigenvalue weighted by Crippen LogP contribution is 2.44. The fourth-order valence-electron chi connectivity index (χ4n) is 4.62. The van der Waals surface area contributed by atoms with Crippen molar-refractivity contribution >= 4 is 22.2 Å². The molecule has 1 N–H and O–H groups in total. The number of nitrogens with one attached hydrogen (secondary N) is 1. The van der Waals surface area contributed by atoms with Crippen LogP contribution in [0.5, 0.6) is 5.75 Å². The lowest BCUT2D eigenvalue weighted by Crippen LogP contribution is -2.15. The van der Waals surface area contributed by atoms with E-state index in [1.807, 2.05) is 29.8 Å².